The fourth-order valence-electron chi connectivity index (χ4n) is 6.92. The van der Waals surface area contributed by atoms with Gasteiger partial charge in [-0.25, -0.2) is 9.36 Å². The Morgan fingerprint density at radius 3 is 1.68 bits per heavy atom. The van der Waals surface area contributed by atoms with Crippen LogP contribution in [0.1, 0.15) is 51.3 Å². The topological polar surface area (TPSA) is 193 Å². The number of phenols is 1. The van der Waals surface area contributed by atoms with Gasteiger partial charge in [0, 0.05) is 29.8 Å². The van der Waals surface area contributed by atoms with Crippen LogP contribution in [-0.4, -0.2) is 91.8 Å². The second-order valence-electron chi connectivity index (χ2n) is 14.5. The Morgan fingerprint density at radius 1 is 0.561 bits per heavy atom. The minimum atomic E-state index is -0.217. The lowest BCUT2D eigenvalue weighted by atomic mass is 10.0. The molecule has 0 fully saturated rings. The van der Waals surface area contributed by atoms with Crippen LogP contribution >= 0.6 is 0 Å². The zero-order chi connectivity index (χ0) is 46.8. The first kappa shape index (κ1) is 47.1. The molecule has 0 saturated heterocycles. The van der Waals surface area contributed by atoms with Gasteiger partial charge < -0.3 is 30.0 Å². The van der Waals surface area contributed by atoms with Gasteiger partial charge in [0.1, 0.15) is 24.2 Å². The molecule has 0 aliphatic rings. The SMILES string of the molecule is CC.COc1ccc(CCNC(=O)c2cc(-c3ccc(O)cc3)cc(-n3cnnn3)c2)cc1OC.COc1ccccc1-c1cc(C(=O)NCCc2cccc(C)c2)cc(-n2cnnn2)c1. The van der Waals surface area contributed by atoms with E-state index >= 15 is 0 Å². The van der Waals surface area contributed by atoms with Crippen LogP contribution < -0.4 is 24.8 Å². The highest BCUT2D eigenvalue weighted by molar-refractivity contribution is 5.97. The highest BCUT2D eigenvalue weighted by atomic mass is 16.5. The van der Waals surface area contributed by atoms with E-state index in [-0.39, 0.29) is 17.6 Å². The second kappa shape index (κ2) is 23.3. The Morgan fingerprint density at radius 2 is 1.12 bits per heavy atom. The van der Waals surface area contributed by atoms with E-state index in [1.807, 2.05) is 80.6 Å². The van der Waals surface area contributed by atoms with Gasteiger partial charge in [-0.1, -0.05) is 80.1 Å². The summed E-state index contributed by atoms with van der Waals surface area (Å²) in [7, 11) is 4.81. The van der Waals surface area contributed by atoms with Crippen LogP contribution in [0.4, 0.5) is 0 Å². The van der Waals surface area contributed by atoms with E-state index in [1.165, 1.54) is 33.1 Å². The number of carbonyl (C=O) groups excluding carboxylic acids is 2. The number of nitrogens with one attached hydrogen (secondary N) is 2. The number of benzene rings is 6. The summed E-state index contributed by atoms with van der Waals surface area (Å²) in [6.45, 7) is 7.05. The van der Waals surface area contributed by atoms with Crippen LogP contribution in [0.3, 0.4) is 0 Å². The Hall–Kier alpha value is -8.40. The summed E-state index contributed by atoms with van der Waals surface area (Å²) < 4.78 is 19.1. The van der Waals surface area contributed by atoms with Crippen molar-refractivity contribution in [1.29, 1.82) is 0 Å². The highest BCUT2D eigenvalue weighted by Crippen LogP contribution is 2.32. The molecule has 0 aliphatic heterocycles. The number of hydrogen-bond donors (Lipinski definition) is 3. The summed E-state index contributed by atoms with van der Waals surface area (Å²) in [6.07, 6.45) is 4.36. The fourth-order valence-corrected chi connectivity index (χ4v) is 6.92. The molecule has 0 spiro atoms. The van der Waals surface area contributed by atoms with Gasteiger partial charge >= 0.3 is 0 Å². The average molecular weight is 889 g/mol. The van der Waals surface area contributed by atoms with E-state index in [0.717, 1.165) is 40.0 Å². The quantitative estimate of drug-likeness (QED) is 0.0911. The second-order valence-corrected chi connectivity index (χ2v) is 14.5. The average Bonchev–Trinajstić information content (AvgIpc) is 4.12. The van der Waals surface area contributed by atoms with Crippen molar-refractivity contribution in [2.75, 3.05) is 34.4 Å². The number of aryl methyl sites for hydroxylation is 1. The maximum absolute atomic E-state index is 13.0. The largest absolute Gasteiger partial charge is 0.508 e. The Labute approximate surface area is 383 Å². The number of tetrazole rings is 2. The number of phenolic OH excluding ortho intramolecular Hbond substituents is 1. The van der Waals surface area contributed by atoms with Crippen LogP contribution in [0, 0.1) is 6.92 Å². The molecule has 16 nitrogen and oxygen atoms in total. The molecule has 2 heterocycles. The monoisotopic (exact) mass is 888 g/mol. The standard InChI is InChI=1S/C24H23N5O4.C24H23N5O2.C2H6/c1-32-22-8-3-16(11-23(22)33-2)9-10-25-24(31)19-12-18(17-4-6-21(30)7-5-17)13-20(14-19)29-15-26-27-28-29;1-17-6-5-7-18(12-17)10-11-25-24(30)20-13-19(22-8-3-4-9-23(22)31-2)14-21(15-20)29-16-26-27-28-29;1-2/h3-8,11-15,30H,9-10H2,1-2H3,(H,25,31);3-9,12-16H,10-11H2,1-2H3,(H,25,30);1-2H3. The van der Waals surface area contributed by atoms with Crippen LogP contribution in [-0.2, 0) is 12.8 Å². The number of methoxy groups -OCH3 is 3. The van der Waals surface area contributed by atoms with Gasteiger partial charge in [0.05, 0.1) is 32.7 Å². The van der Waals surface area contributed by atoms with Crippen LogP contribution in [0.15, 0.2) is 140 Å². The van der Waals surface area contributed by atoms with Crippen molar-refractivity contribution in [3.63, 3.8) is 0 Å². The number of aromatic nitrogens is 8. The summed E-state index contributed by atoms with van der Waals surface area (Å²) in [4.78, 5) is 25.9. The molecule has 338 valence electrons. The number of aromatic hydroxyl groups is 1. The van der Waals surface area contributed by atoms with Crippen molar-refractivity contribution in [1.82, 2.24) is 51.0 Å². The minimum Gasteiger partial charge on any atom is -0.508 e. The van der Waals surface area contributed by atoms with Crippen LogP contribution in [0.25, 0.3) is 33.6 Å². The Bertz CT molecular complexity index is 2820. The van der Waals surface area contributed by atoms with Crippen molar-refractivity contribution in [2.24, 2.45) is 0 Å². The Balaban J connectivity index is 0.000000211. The molecule has 6 aromatic carbocycles. The number of ether oxygens (including phenoxy) is 3. The smallest absolute Gasteiger partial charge is 0.251 e. The molecule has 8 aromatic rings. The van der Waals surface area contributed by atoms with E-state index in [1.54, 1.807) is 63.8 Å². The molecule has 0 aliphatic carbocycles. The van der Waals surface area contributed by atoms with Crippen molar-refractivity contribution in [3.8, 4) is 56.6 Å². The summed E-state index contributed by atoms with van der Waals surface area (Å²) >= 11 is 0. The van der Waals surface area contributed by atoms with Crippen molar-refractivity contribution >= 4 is 11.8 Å². The lowest BCUT2D eigenvalue weighted by Crippen LogP contribution is -2.26. The molecule has 2 aromatic heterocycles. The first-order valence-corrected chi connectivity index (χ1v) is 21.2. The highest BCUT2D eigenvalue weighted by Gasteiger charge is 2.15. The van der Waals surface area contributed by atoms with Gasteiger partial charge in [0.2, 0.25) is 0 Å². The number of nitrogens with zero attached hydrogens (tertiary/aromatic N) is 8. The summed E-state index contributed by atoms with van der Waals surface area (Å²) in [5.74, 6) is 1.83. The van der Waals surface area contributed by atoms with Gasteiger partial charge in [-0.3, -0.25) is 9.59 Å². The van der Waals surface area contributed by atoms with E-state index in [0.29, 0.717) is 53.5 Å². The van der Waals surface area contributed by atoms with Crippen molar-refractivity contribution < 1.29 is 28.9 Å². The number of carbonyl (C=O) groups is 2. The van der Waals surface area contributed by atoms with Crippen molar-refractivity contribution in [2.45, 2.75) is 33.6 Å². The van der Waals surface area contributed by atoms with Crippen LogP contribution in [0.5, 0.6) is 23.0 Å². The van der Waals surface area contributed by atoms with E-state index in [9.17, 15) is 14.7 Å². The summed E-state index contributed by atoms with van der Waals surface area (Å²) in [6, 6.07) is 39.4. The first-order valence-electron chi connectivity index (χ1n) is 21.2. The molecule has 0 radical (unpaired) electrons. The fraction of sp³-hybridized carbons (Fsp3) is 0.200. The molecule has 16 heteroatoms. The lowest BCUT2D eigenvalue weighted by Gasteiger charge is -2.13. The number of hydrogen-bond acceptors (Lipinski definition) is 12. The van der Waals surface area contributed by atoms with E-state index in [4.69, 9.17) is 14.2 Å². The third-order valence-corrected chi connectivity index (χ3v) is 10.1. The molecule has 66 heavy (non-hydrogen) atoms. The van der Waals surface area contributed by atoms with Gasteiger partial charge in [0.15, 0.2) is 11.5 Å². The Kier molecular flexibility index (Phi) is 16.6. The summed E-state index contributed by atoms with van der Waals surface area (Å²) in [5.41, 5.74) is 9.12. The van der Waals surface area contributed by atoms with E-state index < -0.39 is 0 Å². The zero-order valence-corrected chi connectivity index (χ0v) is 37.7. The molecule has 0 bridgehead atoms. The van der Waals surface area contributed by atoms with Crippen LogP contribution in [0.2, 0.25) is 0 Å². The van der Waals surface area contributed by atoms with Gasteiger partial charge in [-0.15, -0.1) is 10.2 Å². The van der Waals surface area contributed by atoms with Gasteiger partial charge in [-0.2, -0.15) is 0 Å². The molecule has 0 atom stereocenters. The van der Waals surface area contributed by atoms with E-state index in [2.05, 4.69) is 66.8 Å². The molecule has 3 N–H and O–H groups in total. The molecular weight excluding hydrogens is 837 g/mol. The molecular formula is C50H52N10O6. The number of amides is 2. The third-order valence-electron chi connectivity index (χ3n) is 10.1. The van der Waals surface area contributed by atoms with Gasteiger partial charge in [-0.05, 0) is 135 Å². The molecule has 8 rings (SSSR count). The predicted octanol–water partition coefficient (Wildman–Crippen LogP) is 7.67. The number of para-hydroxylation sites is 1. The molecule has 0 unspecified atom stereocenters. The predicted molar refractivity (Wildman–Crippen MR) is 252 cm³/mol. The third kappa shape index (κ3) is 12.4. The molecule has 2 amide bonds. The summed E-state index contributed by atoms with van der Waals surface area (Å²) in [5, 5.41) is 38.2. The maximum Gasteiger partial charge on any atom is 0.251 e. The maximum atomic E-state index is 13.0. The van der Waals surface area contributed by atoms with Gasteiger partial charge in [0.25, 0.3) is 11.8 Å². The first-order chi connectivity index (χ1) is 32.2. The lowest BCUT2D eigenvalue weighted by molar-refractivity contribution is 0.0946. The minimum absolute atomic E-state index is 0.154. The number of rotatable bonds is 15. The normalized spacial score (nSPS) is 10.4. The zero-order valence-electron chi connectivity index (χ0n) is 37.7. The van der Waals surface area contributed by atoms with Crippen molar-refractivity contribution in [3.05, 3.63) is 168 Å². The molecule has 0 saturated carbocycles.